The van der Waals surface area contributed by atoms with Gasteiger partial charge in [-0.25, -0.2) is 4.79 Å². The zero-order valence-corrected chi connectivity index (χ0v) is 10.5. The number of nitriles is 1. The van der Waals surface area contributed by atoms with Crippen LogP contribution >= 0.6 is 0 Å². The minimum absolute atomic E-state index is 0.126. The van der Waals surface area contributed by atoms with E-state index in [1.165, 1.54) is 6.08 Å². The first kappa shape index (κ1) is 15.5. The Balaban J connectivity index is 4.46. The van der Waals surface area contributed by atoms with E-state index in [0.29, 0.717) is 12.8 Å². The van der Waals surface area contributed by atoms with Gasteiger partial charge >= 0.3 is 6.09 Å². The Hall–Kier alpha value is -1.54. The van der Waals surface area contributed by atoms with Gasteiger partial charge < -0.3 is 15.5 Å². The average molecular weight is 240 g/mol. The molecule has 0 rings (SSSR count). The Kier molecular flexibility index (Phi) is 6.29. The van der Waals surface area contributed by atoms with Crippen molar-refractivity contribution >= 4 is 6.09 Å². The summed E-state index contributed by atoms with van der Waals surface area (Å²) in [5, 5.41) is 28.5. The Morgan fingerprint density at radius 1 is 1.53 bits per heavy atom. The highest BCUT2D eigenvalue weighted by Crippen LogP contribution is 2.29. The molecule has 0 aromatic carbocycles. The molecule has 1 amide bonds. The normalized spacial score (nSPS) is 13.9. The summed E-state index contributed by atoms with van der Waals surface area (Å²) < 4.78 is 0. The number of hydrogen-bond acceptors (Lipinski definition) is 3. The molecule has 0 saturated heterocycles. The molecule has 0 aliphatic rings. The van der Waals surface area contributed by atoms with Crippen LogP contribution in [0.1, 0.15) is 33.6 Å². The minimum Gasteiger partial charge on any atom is -0.465 e. The van der Waals surface area contributed by atoms with Gasteiger partial charge in [-0.2, -0.15) is 5.26 Å². The van der Waals surface area contributed by atoms with E-state index in [0.717, 1.165) is 5.57 Å². The number of rotatable bonds is 5. The van der Waals surface area contributed by atoms with Crippen LogP contribution in [-0.2, 0) is 0 Å². The Morgan fingerprint density at radius 2 is 2.12 bits per heavy atom. The van der Waals surface area contributed by atoms with Gasteiger partial charge in [-0.05, 0) is 18.3 Å². The topological polar surface area (TPSA) is 93.4 Å². The van der Waals surface area contributed by atoms with Gasteiger partial charge in [-0.15, -0.1) is 0 Å². The van der Waals surface area contributed by atoms with Crippen molar-refractivity contribution in [1.82, 2.24) is 5.32 Å². The minimum atomic E-state index is -1.15. The number of allylic oxidation sites excluding steroid dienone is 2. The van der Waals surface area contributed by atoms with Crippen molar-refractivity contribution < 1.29 is 15.0 Å². The van der Waals surface area contributed by atoms with Crippen LogP contribution in [-0.4, -0.2) is 29.0 Å². The maximum atomic E-state index is 10.4. The lowest BCUT2D eigenvalue weighted by molar-refractivity contribution is 0.175. The number of aliphatic hydroxyl groups is 1. The van der Waals surface area contributed by atoms with E-state index >= 15 is 0 Å². The zero-order valence-electron chi connectivity index (χ0n) is 10.5. The van der Waals surface area contributed by atoms with Crippen LogP contribution in [0, 0.1) is 16.7 Å². The number of hydrogen-bond donors (Lipinski definition) is 3. The lowest BCUT2D eigenvalue weighted by atomic mass is 9.83. The molecule has 0 aliphatic heterocycles. The molecule has 96 valence electrons. The van der Waals surface area contributed by atoms with E-state index in [1.54, 1.807) is 0 Å². The summed E-state index contributed by atoms with van der Waals surface area (Å²) in [6.45, 7) is 5.74. The standard InChI is InChI=1S/C12H20N2O3/c1-12(2,3)9(6-7-13)4-5-10(8-15)14-11(16)17/h6,10,14-15H,4-5,8H2,1-3H3,(H,16,17). The van der Waals surface area contributed by atoms with Gasteiger partial charge in [0, 0.05) is 6.08 Å². The number of nitrogens with one attached hydrogen (secondary N) is 1. The zero-order chi connectivity index (χ0) is 13.5. The second-order valence-corrected chi connectivity index (χ2v) is 4.92. The number of amides is 1. The summed E-state index contributed by atoms with van der Waals surface area (Å²) in [7, 11) is 0. The SMILES string of the molecule is CC(C)(C)C(=CC#N)CCC(CO)NC(=O)O. The van der Waals surface area contributed by atoms with Crippen molar-refractivity contribution in [3.05, 3.63) is 11.6 Å². The number of aliphatic hydroxyl groups excluding tert-OH is 1. The fourth-order valence-electron chi connectivity index (χ4n) is 1.46. The first-order chi connectivity index (χ1) is 7.81. The quantitative estimate of drug-likeness (QED) is 0.640. The Morgan fingerprint density at radius 3 is 2.47 bits per heavy atom. The molecule has 0 aliphatic carbocycles. The van der Waals surface area contributed by atoms with E-state index in [4.69, 9.17) is 15.5 Å². The van der Waals surface area contributed by atoms with Gasteiger partial charge in [0.1, 0.15) is 0 Å². The van der Waals surface area contributed by atoms with E-state index < -0.39 is 12.1 Å². The number of carbonyl (C=O) groups is 1. The van der Waals surface area contributed by atoms with Gasteiger partial charge in [0.15, 0.2) is 0 Å². The van der Waals surface area contributed by atoms with Gasteiger partial charge in [0.05, 0.1) is 18.7 Å². The van der Waals surface area contributed by atoms with Gasteiger partial charge in [-0.1, -0.05) is 26.3 Å². The van der Waals surface area contributed by atoms with Crippen molar-refractivity contribution in [2.45, 2.75) is 39.7 Å². The summed E-state index contributed by atoms with van der Waals surface area (Å²) >= 11 is 0. The third-order valence-corrected chi connectivity index (χ3v) is 2.51. The van der Waals surface area contributed by atoms with E-state index in [-0.39, 0.29) is 12.0 Å². The maximum absolute atomic E-state index is 10.4. The largest absolute Gasteiger partial charge is 0.465 e. The average Bonchev–Trinajstić information content (AvgIpc) is 2.19. The summed E-state index contributed by atoms with van der Waals surface area (Å²) in [6, 6.07) is 1.51. The van der Waals surface area contributed by atoms with E-state index in [2.05, 4.69) is 5.32 Å². The Bertz CT molecular complexity index is 324. The number of nitrogens with zero attached hydrogens (tertiary/aromatic N) is 1. The van der Waals surface area contributed by atoms with Crippen LogP contribution in [0.25, 0.3) is 0 Å². The molecular formula is C12H20N2O3. The third-order valence-electron chi connectivity index (χ3n) is 2.51. The van der Waals surface area contributed by atoms with Crippen molar-refractivity contribution in [2.24, 2.45) is 5.41 Å². The predicted octanol–water partition coefficient (Wildman–Crippen LogP) is 1.89. The highest BCUT2D eigenvalue weighted by Gasteiger charge is 2.19. The molecular weight excluding hydrogens is 220 g/mol. The van der Waals surface area contributed by atoms with Crippen LogP contribution in [0.15, 0.2) is 11.6 Å². The molecule has 0 bridgehead atoms. The molecule has 3 N–H and O–H groups in total. The molecule has 5 heteroatoms. The summed E-state index contributed by atoms with van der Waals surface area (Å²) in [5.74, 6) is 0. The summed E-state index contributed by atoms with van der Waals surface area (Å²) in [6.07, 6.45) is 1.41. The lowest BCUT2D eigenvalue weighted by Gasteiger charge is -2.24. The molecule has 0 spiro atoms. The Labute approximate surface area is 102 Å². The van der Waals surface area contributed by atoms with Crippen LogP contribution < -0.4 is 5.32 Å². The molecule has 1 unspecified atom stereocenters. The molecule has 0 fully saturated rings. The fraction of sp³-hybridized carbons (Fsp3) is 0.667. The second kappa shape index (κ2) is 6.92. The van der Waals surface area contributed by atoms with E-state index in [1.807, 2.05) is 26.8 Å². The molecule has 1 atom stereocenters. The molecule has 0 saturated carbocycles. The molecule has 0 aromatic heterocycles. The van der Waals surface area contributed by atoms with Gasteiger partial charge in [0.2, 0.25) is 0 Å². The van der Waals surface area contributed by atoms with E-state index in [9.17, 15) is 4.79 Å². The van der Waals surface area contributed by atoms with Crippen LogP contribution in [0.4, 0.5) is 4.79 Å². The van der Waals surface area contributed by atoms with Gasteiger partial charge in [-0.3, -0.25) is 0 Å². The first-order valence-electron chi connectivity index (χ1n) is 5.50. The molecule has 17 heavy (non-hydrogen) atoms. The lowest BCUT2D eigenvalue weighted by Crippen LogP contribution is -2.36. The third kappa shape index (κ3) is 6.59. The highest BCUT2D eigenvalue weighted by molar-refractivity contribution is 5.64. The molecule has 0 heterocycles. The van der Waals surface area contributed by atoms with Crippen molar-refractivity contribution in [3.63, 3.8) is 0 Å². The second-order valence-electron chi connectivity index (χ2n) is 4.92. The van der Waals surface area contributed by atoms with Crippen LogP contribution in [0.3, 0.4) is 0 Å². The predicted molar refractivity (Wildman–Crippen MR) is 64.4 cm³/mol. The maximum Gasteiger partial charge on any atom is 0.404 e. The van der Waals surface area contributed by atoms with Crippen molar-refractivity contribution in [1.29, 1.82) is 5.26 Å². The smallest absolute Gasteiger partial charge is 0.404 e. The van der Waals surface area contributed by atoms with Crippen molar-refractivity contribution in [2.75, 3.05) is 6.61 Å². The van der Waals surface area contributed by atoms with Crippen molar-refractivity contribution in [3.8, 4) is 6.07 Å². The summed E-state index contributed by atoms with van der Waals surface area (Å²) in [5.41, 5.74) is 0.824. The number of carboxylic acid groups (broad SMARTS) is 1. The highest BCUT2D eigenvalue weighted by atomic mass is 16.4. The van der Waals surface area contributed by atoms with Crippen LogP contribution in [0.5, 0.6) is 0 Å². The summed E-state index contributed by atoms with van der Waals surface area (Å²) in [4.78, 5) is 10.4. The first-order valence-corrected chi connectivity index (χ1v) is 5.50. The molecule has 0 radical (unpaired) electrons. The molecule has 5 nitrogen and oxygen atoms in total. The monoisotopic (exact) mass is 240 g/mol. The van der Waals surface area contributed by atoms with Gasteiger partial charge in [0.25, 0.3) is 0 Å². The van der Waals surface area contributed by atoms with Crippen LogP contribution in [0.2, 0.25) is 0 Å². The fourth-order valence-corrected chi connectivity index (χ4v) is 1.46. The molecule has 0 aromatic rings.